The average molecular weight is 173 g/mol. The van der Waals surface area contributed by atoms with E-state index in [1.165, 1.54) is 0 Å². The maximum atomic E-state index is 4.55. The number of nitrogens with zero attached hydrogens (tertiary/aromatic N) is 2. The Morgan fingerprint density at radius 1 is 1.78 bits per heavy atom. The molecule has 0 aliphatic carbocycles. The Morgan fingerprint density at radius 2 is 2.44 bits per heavy atom. The Labute approximate surface area is 63.6 Å². The summed E-state index contributed by atoms with van der Waals surface area (Å²) in [7, 11) is 0. The summed E-state index contributed by atoms with van der Waals surface area (Å²) < 4.78 is 0. The van der Waals surface area contributed by atoms with E-state index >= 15 is 0 Å². The van der Waals surface area contributed by atoms with Gasteiger partial charge in [0.05, 0.1) is 6.54 Å². The molecule has 0 bridgehead atoms. The normalized spacial score (nSPS) is 12.7. The minimum absolute atomic E-state index is 0.646. The van der Waals surface area contributed by atoms with E-state index in [9.17, 15) is 0 Å². The summed E-state index contributed by atoms with van der Waals surface area (Å²) in [5.74, 6) is 0. The van der Waals surface area contributed by atoms with Gasteiger partial charge in [-0.3, -0.25) is 4.99 Å². The summed E-state index contributed by atoms with van der Waals surface area (Å²) >= 11 is 4.55. The van der Waals surface area contributed by atoms with Crippen molar-refractivity contribution in [2.45, 2.75) is 5.32 Å². The van der Waals surface area contributed by atoms with E-state index < -0.39 is 0 Å². The molecule has 1 aliphatic rings. The summed E-state index contributed by atoms with van der Waals surface area (Å²) in [6.45, 7) is 4.15. The van der Waals surface area contributed by atoms with E-state index in [0.717, 1.165) is 6.54 Å². The second kappa shape index (κ2) is 7.60. The first-order chi connectivity index (χ1) is 4.41. The fourth-order valence-electron chi connectivity index (χ4n) is 0.236. The summed E-state index contributed by atoms with van der Waals surface area (Å²) in [6, 6.07) is 0. The van der Waals surface area contributed by atoms with Gasteiger partial charge in [0, 0.05) is 6.21 Å². The first-order valence-electron chi connectivity index (χ1n) is 2.53. The van der Waals surface area contributed by atoms with Crippen molar-refractivity contribution in [2.24, 2.45) is 9.98 Å². The van der Waals surface area contributed by atoms with E-state index in [0.29, 0.717) is 5.32 Å². The molecule has 1 aliphatic heterocycles. The molecule has 1 rings (SSSR count). The fourth-order valence-corrected chi connectivity index (χ4v) is 0.236. The van der Waals surface area contributed by atoms with E-state index in [4.69, 9.17) is 0 Å². The Kier molecular flexibility index (Phi) is 7.26. The van der Waals surface area contributed by atoms with Crippen LogP contribution < -0.4 is 0 Å². The third kappa shape index (κ3) is 7.60. The van der Waals surface area contributed by atoms with Gasteiger partial charge in [0.1, 0.15) is 6.34 Å². The minimum atomic E-state index is 0.646. The van der Waals surface area contributed by atoms with Crippen molar-refractivity contribution in [3.8, 4) is 0 Å². The van der Waals surface area contributed by atoms with Crippen molar-refractivity contribution in [2.75, 3.05) is 6.54 Å². The van der Waals surface area contributed by atoms with Crippen molar-refractivity contribution in [3.05, 3.63) is 12.7 Å². The van der Waals surface area contributed by atoms with Crippen LogP contribution in [0.4, 0.5) is 0 Å². The van der Waals surface area contributed by atoms with Gasteiger partial charge < -0.3 is 0 Å². The van der Waals surface area contributed by atoms with Crippen LogP contribution in [0.25, 0.3) is 0 Å². The van der Waals surface area contributed by atoms with Crippen molar-refractivity contribution in [3.63, 3.8) is 0 Å². The van der Waals surface area contributed by atoms with Crippen LogP contribution in [0.5, 0.6) is 0 Å². The van der Waals surface area contributed by atoms with Crippen molar-refractivity contribution in [1.29, 1.82) is 0 Å². The fraction of sp³-hybridized carbons (Fsp3) is 0.333. The predicted molar refractivity (Wildman–Crippen MR) is 36.9 cm³/mol. The van der Waals surface area contributed by atoms with E-state index in [-0.39, 0.29) is 0 Å². The van der Waals surface area contributed by atoms with Crippen LogP contribution in [0.15, 0.2) is 22.6 Å². The Hall–Kier alpha value is -0.401. The third-order valence-electron chi connectivity index (χ3n) is 0.528. The number of allylic oxidation sites excluding steroid dienone is 1. The SMILES string of the molecule is C1=NC=NC1.C=C[CH2][Cu]. The maximum absolute atomic E-state index is 4.55. The number of hydrogen-bond acceptors (Lipinski definition) is 2. The molecule has 0 radical (unpaired) electrons. The van der Waals surface area contributed by atoms with E-state index in [1.54, 1.807) is 18.6 Å². The molecule has 1 heterocycles. The molecule has 0 spiro atoms. The van der Waals surface area contributed by atoms with Gasteiger partial charge in [0.15, 0.2) is 0 Å². The Morgan fingerprint density at radius 3 is 2.56 bits per heavy atom. The zero-order chi connectivity index (χ0) is 6.95. The van der Waals surface area contributed by atoms with Gasteiger partial charge >= 0.3 is 34.0 Å². The van der Waals surface area contributed by atoms with Crippen LogP contribution in [0.2, 0.25) is 5.32 Å². The summed E-state index contributed by atoms with van der Waals surface area (Å²) in [6.07, 6.45) is 5.00. The molecule has 54 valence electrons. The quantitative estimate of drug-likeness (QED) is 0.420. The molecule has 3 heteroatoms. The van der Waals surface area contributed by atoms with Crippen LogP contribution in [0.3, 0.4) is 0 Å². The molecule has 9 heavy (non-hydrogen) atoms. The molecule has 0 atom stereocenters. The van der Waals surface area contributed by atoms with E-state index in [2.05, 4.69) is 32.6 Å². The second-order valence-electron chi connectivity index (χ2n) is 1.22. The summed E-state index contributed by atoms with van der Waals surface area (Å²) in [5, 5.41) is 0.646. The molecule has 0 saturated carbocycles. The first kappa shape index (κ1) is 8.60. The number of rotatable bonds is 1. The molecule has 0 aromatic heterocycles. The summed E-state index contributed by atoms with van der Waals surface area (Å²) in [4.78, 5) is 7.40. The average Bonchev–Trinajstić information content (AvgIpc) is 2.43. The van der Waals surface area contributed by atoms with Crippen molar-refractivity contribution in [1.82, 2.24) is 0 Å². The van der Waals surface area contributed by atoms with Gasteiger partial charge in [-0.25, -0.2) is 4.99 Å². The van der Waals surface area contributed by atoms with Crippen LogP contribution in [-0.4, -0.2) is 19.1 Å². The molecule has 0 N–H and O–H groups in total. The van der Waals surface area contributed by atoms with E-state index in [1.807, 2.05) is 0 Å². The second-order valence-corrected chi connectivity index (χ2v) is 1.61. The van der Waals surface area contributed by atoms with Crippen molar-refractivity contribution >= 4 is 12.6 Å². The van der Waals surface area contributed by atoms with Crippen LogP contribution in [0.1, 0.15) is 0 Å². The Balaban J connectivity index is 0.000000148. The van der Waals surface area contributed by atoms with Crippen LogP contribution in [-0.2, 0) is 16.0 Å². The van der Waals surface area contributed by atoms with Gasteiger partial charge in [0.25, 0.3) is 0 Å². The Bertz CT molecular complexity index is 108. The molecular formula is C6H9CuN2. The van der Waals surface area contributed by atoms with Crippen molar-refractivity contribution < 1.29 is 16.0 Å². The van der Waals surface area contributed by atoms with Gasteiger partial charge in [0.2, 0.25) is 0 Å². The van der Waals surface area contributed by atoms with Gasteiger partial charge in [-0.2, -0.15) is 0 Å². The zero-order valence-electron chi connectivity index (χ0n) is 5.05. The van der Waals surface area contributed by atoms with Gasteiger partial charge in [-0.05, 0) is 0 Å². The molecule has 2 nitrogen and oxygen atoms in total. The molecule has 0 fully saturated rings. The molecular weight excluding hydrogens is 164 g/mol. The predicted octanol–water partition coefficient (Wildman–Crippen LogP) is 1.24. The van der Waals surface area contributed by atoms with Gasteiger partial charge in [-0.1, -0.05) is 0 Å². The third-order valence-corrected chi connectivity index (χ3v) is 0.800. The molecule has 0 amide bonds. The number of hydrogen-bond donors (Lipinski definition) is 0. The van der Waals surface area contributed by atoms with Crippen LogP contribution >= 0.6 is 0 Å². The monoisotopic (exact) mass is 172 g/mol. The first-order valence-corrected chi connectivity index (χ1v) is 3.19. The van der Waals surface area contributed by atoms with Gasteiger partial charge in [-0.15, -0.1) is 0 Å². The standard InChI is InChI=1S/C3H4N2.C3H5.Cu/c1-2-5-3-4-1;1-3-2;/h1,3H,2H2;3H,1-2H2;. The topological polar surface area (TPSA) is 24.7 Å². The molecule has 0 saturated heterocycles. The molecule has 0 unspecified atom stereocenters. The van der Waals surface area contributed by atoms with Crippen LogP contribution in [0, 0.1) is 0 Å². The zero-order valence-corrected chi connectivity index (χ0v) is 5.99. The molecule has 0 aromatic rings. The number of aliphatic imine (C=N–C) groups is 2. The summed E-state index contributed by atoms with van der Waals surface area (Å²) in [5.41, 5.74) is 0. The molecule has 0 aromatic carbocycles.